The van der Waals surface area contributed by atoms with Crippen LogP contribution in [0.4, 0.5) is 0 Å². The van der Waals surface area contributed by atoms with Gasteiger partial charge in [0, 0.05) is 0 Å². The molecule has 3 aliphatic carbocycles. The molecule has 60 valence electrons. The van der Waals surface area contributed by atoms with Gasteiger partial charge in [-0.1, -0.05) is 12.2 Å². The van der Waals surface area contributed by atoms with Crippen LogP contribution in [0.2, 0.25) is 0 Å². The van der Waals surface area contributed by atoms with Crippen molar-refractivity contribution < 1.29 is 9.90 Å². The van der Waals surface area contributed by atoms with E-state index in [1.54, 1.807) is 0 Å². The maximum atomic E-state index is 10.7. The number of carboxylic acid groups (broad SMARTS) is 1. The van der Waals surface area contributed by atoms with E-state index in [1.807, 2.05) is 0 Å². The fourth-order valence-corrected chi connectivity index (χ4v) is 2.22. The summed E-state index contributed by atoms with van der Waals surface area (Å²) in [5, 5.41) is 8.83. The molecule has 0 saturated heterocycles. The Kier molecular flexibility index (Phi) is 1.48. The quantitative estimate of drug-likeness (QED) is 0.580. The van der Waals surface area contributed by atoms with Crippen LogP contribution in [0.1, 0.15) is 19.3 Å². The highest BCUT2D eigenvalue weighted by Crippen LogP contribution is 2.40. The lowest BCUT2D eigenvalue weighted by Gasteiger charge is -2.35. The molecular weight excluding hydrogens is 140 g/mol. The van der Waals surface area contributed by atoms with E-state index >= 15 is 0 Å². The standard InChI is InChI=1S/C9H12O2/c10-9(11)8-5-6-1-3-7(8)4-2-6/h1,3,6-8H,2,4-5H2,(H,10,11)/t6-,7+,8-/m0/s1. The van der Waals surface area contributed by atoms with Crippen molar-refractivity contribution in [1.29, 1.82) is 0 Å². The topological polar surface area (TPSA) is 37.3 Å². The minimum Gasteiger partial charge on any atom is -0.481 e. The molecule has 0 amide bonds. The molecule has 1 fully saturated rings. The Balaban J connectivity index is 2.17. The third kappa shape index (κ3) is 1.06. The lowest BCUT2D eigenvalue weighted by Crippen LogP contribution is -2.32. The lowest BCUT2D eigenvalue weighted by molar-refractivity contribution is -0.144. The summed E-state index contributed by atoms with van der Waals surface area (Å²) in [6.07, 6.45) is 7.43. The summed E-state index contributed by atoms with van der Waals surface area (Å²) < 4.78 is 0. The molecule has 2 bridgehead atoms. The van der Waals surface area contributed by atoms with Crippen LogP contribution in [-0.4, -0.2) is 11.1 Å². The van der Waals surface area contributed by atoms with E-state index in [1.165, 1.54) is 6.42 Å². The number of allylic oxidation sites excluding steroid dienone is 2. The Bertz CT molecular complexity index is 208. The van der Waals surface area contributed by atoms with Gasteiger partial charge in [0.1, 0.15) is 0 Å². The number of hydrogen-bond donors (Lipinski definition) is 1. The van der Waals surface area contributed by atoms with Crippen LogP contribution in [0.3, 0.4) is 0 Å². The van der Waals surface area contributed by atoms with Gasteiger partial charge in [-0.2, -0.15) is 0 Å². The van der Waals surface area contributed by atoms with Crippen LogP contribution in [0.25, 0.3) is 0 Å². The van der Waals surface area contributed by atoms with Gasteiger partial charge in [-0.3, -0.25) is 4.79 Å². The second kappa shape index (κ2) is 2.36. The average Bonchev–Trinajstić information content (AvgIpc) is 2.06. The van der Waals surface area contributed by atoms with Gasteiger partial charge < -0.3 is 5.11 Å². The molecule has 1 saturated carbocycles. The number of fused-ring (bicyclic) bond motifs is 2. The highest BCUT2D eigenvalue weighted by Gasteiger charge is 2.35. The van der Waals surface area contributed by atoms with Gasteiger partial charge in [-0.25, -0.2) is 0 Å². The zero-order valence-corrected chi connectivity index (χ0v) is 6.36. The summed E-state index contributed by atoms with van der Waals surface area (Å²) >= 11 is 0. The number of carboxylic acids is 1. The molecule has 3 aliphatic rings. The summed E-state index contributed by atoms with van der Waals surface area (Å²) in [6.45, 7) is 0. The number of aliphatic carboxylic acids is 1. The maximum Gasteiger partial charge on any atom is 0.307 e. The summed E-state index contributed by atoms with van der Waals surface area (Å²) in [5.74, 6) is 0.196. The van der Waals surface area contributed by atoms with E-state index < -0.39 is 5.97 Å². The van der Waals surface area contributed by atoms with Gasteiger partial charge >= 0.3 is 5.97 Å². The van der Waals surface area contributed by atoms with Crippen LogP contribution in [0, 0.1) is 17.8 Å². The Morgan fingerprint density at radius 2 is 2.18 bits per heavy atom. The Morgan fingerprint density at radius 1 is 1.36 bits per heavy atom. The molecule has 0 aromatic heterocycles. The maximum absolute atomic E-state index is 10.7. The van der Waals surface area contributed by atoms with Crippen molar-refractivity contribution in [3.8, 4) is 0 Å². The first-order valence-electron chi connectivity index (χ1n) is 4.18. The third-order valence-electron chi connectivity index (χ3n) is 2.89. The first-order valence-corrected chi connectivity index (χ1v) is 4.18. The molecule has 1 N–H and O–H groups in total. The van der Waals surface area contributed by atoms with Crippen LogP contribution in [0.15, 0.2) is 12.2 Å². The molecule has 3 rings (SSSR count). The Morgan fingerprint density at radius 3 is 2.45 bits per heavy atom. The van der Waals surface area contributed by atoms with E-state index in [4.69, 9.17) is 5.11 Å². The monoisotopic (exact) mass is 152 g/mol. The minimum atomic E-state index is -0.607. The molecular formula is C9H12O2. The normalized spacial score (nSPS) is 40.9. The molecule has 2 heteroatoms. The van der Waals surface area contributed by atoms with Crippen LogP contribution < -0.4 is 0 Å². The molecule has 0 radical (unpaired) electrons. The first-order chi connectivity index (χ1) is 5.27. The number of hydrogen-bond acceptors (Lipinski definition) is 1. The van der Waals surface area contributed by atoms with Crippen molar-refractivity contribution in [1.82, 2.24) is 0 Å². The fourth-order valence-electron chi connectivity index (χ4n) is 2.22. The average molecular weight is 152 g/mol. The van der Waals surface area contributed by atoms with Crippen molar-refractivity contribution in [3.63, 3.8) is 0 Å². The van der Waals surface area contributed by atoms with E-state index in [9.17, 15) is 4.79 Å². The molecule has 0 aliphatic heterocycles. The fraction of sp³-hybridized carbons (Fsp3) is 0.667. The highest BCUT2D eigenvalue weighted by molar-refractivity contribution is 5.71. The zero-order valence-electron chi connectivity index (χ0n) is 6.36. The summed E-state index contributed by atoms with van der Waals surface area (Å²) in [7, 11) is 0. The molecule has 0 aromatic rings. The number of rotatable bonds is 1. The smallest absolute Gasteiger partial charge is 0.307 e. The van der Waals surface area contributed by atoms with Crippen molar-refractivity contribution in [2.45, 2.75) is 19.3 Å². The molecule has 2 nitrogen and oxygen atoms in total. The second-order valence-corrected chi connectivity index (χ2v) is 3.57. The second-order valence-electron chi connectivity index (χ2n) is 3.57. The van der Waals surface area contributed by atoms with Crippen molar-refractivity contribution in [3.05, 3.63) is 12.2 Å². The lowest BCUT2D eigenvalue weighted by atomic mass is 9.69. The molecule has 0 spiro atoms. The van der Waals surface area contributed by atoms with Gasteiger partial charge in [0.2, 0.25) is 0 Å². The SMILES string of the molecule is O=C(O)[C@H]1C[C@H]2C=C[C@@H]1CC2. The molecule has 3 atom stereocenters. The van der Waals surface area contributed by atoms with E-state index in [-0.39, 0.29) is 5.92 Å². The van der Waals surface area contributed by atoms with Crippen molar-refractivity contribution in [2.75, 3.05) is 0 Å². The van der Waals surface area contributed by atoms with Gasteiger partial charge in [0.15, 0.2) is 0 Å². The zero-order chi connectivity index (χ0) is 7.84. The predicted molar refractivity (Wildman–Crippen MR) is 41.1 cm³/mol. The highest BCUT2D eigenvalue weighted by atomic mass is 16.4. The van der Waals surface area contributed by atoms with E-state index in [0.29, 0.717) is 11.8 Å². The third-order valence-corrected chi connectivity index (χ3v) is 2.89. The van der Waals surface area contributed by atoms with Crippen LogP contribution in [-0.2, 0) is 4.79 Å². The molecule has 11 heavy (non-hydrogen) atoms. The first kappa shape index (κ1) is 6.89. The van der Waals surface area contributed by atoms with Crippen LogP contribution in [0.5, 0.6) is 0 Å². The van der Waals surface area contributed by atoms with Gasteiger partial charge in [-0.15, -0.1) is 0 Å². The minimum absolute atomic E-state index is 0.0845. The Hall–Kier alpha value is -0.790. The van der Waals surface area contributed by atoms with Gasteiger partial charge in [-0.05, 0) is 31.1 Å². The van der Waals surface area contributed by atoms with Gasteiger partial charge in [0.25, 0.3) is 0 Å². The molecule has 0 heterocycles. The van der Waals surface area contributed by atoms with Crippen molar-refractivity contribution >= 4 is 5.97 Å². The Labute approximate surface area is 65.9 Å². The molecule has 0 aromatic carbocycles. The van der Waals surface area contributed by atoms with Crippen LogP contribution >= 0.6 is 0 Å². The van der Waals surface area contributed by atoms with E-state index in [2.05, 4.69) is 12.2 Å². The predicted octanol–water partition coefficient (Wildman–Crippen LogP) is 1.67. The number of carbonyl (C=O) groups is 1. The van der Waals surface area contributed by atoms with E-state index in [0.717, 1.165) is 12.8 Å². The summed E-state index contributed by atoms with van der Waals surface area (Å²) in [4.78, 5) is 10.7. The summed E-state index contributed by atoms with van der Waals surface area (Å²) in [5.41, 5.74) is 0. The largest absolute Gasteiger partial charge is 0.481 e. The summed E-state index contributed by atoms with van der Waals surface area (Å²) in [6, 6.07) is 0. The van der Waals surface area contributed by atoms with Gasteiger partial charge in [0.05, 0.1) is 5.92 Å². The van der Waals surface area contributed by atoms with Crippen molar-refractivity contribution in [2.24, 2.45) is 17.8 Å². The molecule has 0 unspecified atom stereocenters.